The molecule has 5 rings (SSSR count). The van der Waals surface area contributed by atoms with Crippen molar-refractivity contribution in [2.24, 2.45) is 0 Å². The number of fused-ring (bicyclic) bond motifs is 3. The van der Waals surface area contributed by atoms with Crippen molar-refractivity contribution in [1.82, 2.24) is 25.5 Å². The van der Waals surface area contributed by atoms with Crippen molar-refractivity contribution in [2.75, 3.05) is 38.1 Å². The number of aromatic nitrogens is 2. The third-order valence-electron chi connectivity index (χ3n) is 6.54. The van der Waals surface area contributed by atoms with Crippen LogP contribution in [0.15, 0.2) is 35.1 Å². The van der Waals surface area contributed by atoms with E-state index in [0.717, 1.165) is 72.7 Å². The van der Waals surface area contributed by atoms with Crippen LogP contribution in [0.1, 0.15) is 32.9 Å². The lowest BCUT2D eigenvalue weighted by Gasteiger charge is -2.36. The second kappa shape index (κ2) is 8.37. The highest BCUT2D eigenvalue weighted by molar-refractivity contribution is 5.92. The first kappa shape index (κ1) is 20.7. The number of nitrogens with zero attached hydrogens (tertiary/aromatic N) is 3. The number of piperazine rings is 1. The minimum Gasteiger partial charge on any atom is -0.368 e. The fourth-order valence-corrected chi connectivity index (χ4v) is 4.80. The summed E-state index contributed by atoms with van der Waals surface area (Å²) < 4.78 is 0. The molecule has 0 radical (unpaired) electrons. The monoisotopic (exact) mass is 432 g/mol. The number of hydrogen-bond acceptors (Lipinski definition) is 6. The first-order valence-corrected chi connectivity index (χ1v) is 11.1. The van der Waals surface area contributed by atoms with E-state index in [1.807, 2.05) is 13.0 Å². The maximum Gasteiger partial charge on any atom is 0.269 e. The summed E-state index contributed by atoms with van der Waals surface area (Å²) in [6.07, 6.45) is 0. The quantitative estimate of drug-likeness (QED) is 0.579. The Balaban J connectivity index is 1.26. The Morgan fingerprint density at radius 2 is 1.88 bits per heavy atom. The number of amides is 1. The van der Waals surface area contributed by atoms with Crippen molar-refractivity contribution in [1.29, 1.82) is 0 Å². The molecule has 1 saturated heterocycles. The molecule has 166 valence electrons. The van der Waals surface area contributed by atoms with Gasteiger partial charge in [-0.1, -0.05) is 12.1 Å². The third kappa shape index (κ3) is 3.76. The molecule has 1 amide bonds. The molecule has 1 aromatic carbocycles. The number of aryl methyl sites for hydroxylation is 1. The van der Waals surface area contributed by atoms with Crippen molar-refractivity contribution in [2.45, 2.75) is 26.6 Å². The molecule has 2 aliphatic heterocycles. The Bertz CT molecular complexity index is 1240. The van der Waals surface area contributed by atoms with Crippen molar-refractivity contribution in [3.05, 3.63) is 68.8 Å². The average molecular weight is 433 g/mol. The summed E-state index contributed by atoms with van der Waals surface area (Å²) in [5.74, 6) is -0.164. The van der Waals surface area contributed by atoms with Crippen LogP contribution in [0.25, 0.3) is 10.9 Å². The molecule has 3 aromatic rings. The van der Waals surface area contributed by atoms with Crippen molar-refractivity contribution >= 4 is 22.5 Å². The summed E-state index contributed by atoms with van der Waals surface area (Å²) in [6.45, 7) is 7.92. The molecule has 0 aliphatic carbocycles. The van der Waals surface area contributed by atoms with Gasteiger partial charge in [-0.05, 0) is 36.2 Å². The number of rotatable bonds is 4. The molecular formula is C24H28N6O2. The second-order valence-corrected chi connectivity index (χ2v) is 8.54. The highest BCUT2D eigenvalue weighted by atomic mass is 16.1. The first-order valence-electron chi connectivity index (χ1n) is 11.1. The number of anilines is 1. The predicted octanol–water partition coefficient (Wildman–Crippen LogP) is 1.52. The van der Waals surface area contributed by atoms with Gasteiger partial charge in [-0.2, -0.15) is 0 Å². The summed E-state index contributed by atoms with van der Waals surface area (Å²) >= 11 is 0. The van der Waals surface area contributed by atoms with Gasteiger partial charge < -0.3 is 20.5 Å². The Morgan fingerprint density at radius 3 is 2.62 bits per heavy atom. The number of carbonyl (C=O) groups excluding carboxylic acids is 1. The molecule has 2 aliphatic rings. The standard InChI is InChI=1S/C24H28N6O2/c1-15-22(6-5-20(27-15)24(32)25-2)30-9-7-29(8-10-30)14-16-3-4-17-18-12-26-13-19(18)23(31)28-21(17)11-16/h3-6,11,26H,7-10,12-14H2,1-2H3,(H,25,32)(H,28,31). The zero-order chi connectivity index (χ0) is 22.2. The summed E-state index contributed by atoms with van der Waals surface area (Å²) in [4.78, 5) is 36.5. The predicted molar refractivity (Wildman–Crippen MR) is 125 cm³/mol. The molecule has 0 atom stereocenters. The number of hydrogen-bond donors (Lipinski definition) is 3. The Labute approximate surface area is 186 Å². The van der Waals surface area contributed by atoms with Crippen LogP contribution in [0, 0.1) is 6.92 Å². The van der Waals surface area contributed by atoms with Crippen molar-refractivity contribution in [3.8, 4) is 0 Å². The summed E-state index contributed by atoms with van der Waals surface area (Å²) in [5.41, 5.74) is 6.57. The maximum absolute atomic E-state index is 12.4. The van der Waals surface area contributed by atoms with Gasteiger partial charge in [0.25, 0.3) is 11.5 Å². The van der Waals surface area contributed by atoms with Gasteiger partial charge in [0.05, 0.1) is 11.4 Å². The van der Waals surface area contributed by atoms with Crippen LogP contribution in [0.4, 0.5) is 5.69 Å². The van der Waals surface area contributed by atoms with Gasteiger partial charge in [-0.3, -0.25) is 14.5 Å². The molecule has 4 heterocycles. The Kier molecular flexibility index (Phi) is 5.40. The smallest absolute Gasteiger partial charge is 0.269 e. The minimum absolute atomic E-state index is 0.0229. The van der Waals surface area contributed by atoms with E-state index >= 15 is 0 Å². The lowest BCUT2D eigenvalue weighted by atomic mass is 10.0. The molecule has 3 N–H and O–H groups in total. The van der Waals surface area contributed by atoms with Crippen LogP contribution >= 0.6 is 0 Å². The number of pyridine rings is 2. The van der Waals surface area contributed by atoms with E-state index < -0.39 is 0 Å². The molecule has 8 nitrogen and oxygen atoms in total. The van der Waals surface area contributed by atoms with Gasteiger partial charge >= 0.3 is 0 Å². The largest absolute Gasteiger partial charge is 0.368 e. The number of carbonyl (C=O) groups is 1. The SMILES string of the molecule is CNC(=O)c1ccc(N2CCN(Cc3ccc4c5c(c(=O)[nH]c4c3)CNC5)CC2)c(C)n1. The Hall–Kier alpha value is -3.23. The van der Waals surface area contributed by atoms with Crippen LogP contribution in [-0.4, -0.2) is 54.0 Å². The fraction of sp³-hybridized carbons (Fsp3) is 0.375. The molecule has 32 heavy (non-hydrogen) atoms. The molecular weight excluding hydrogens is 404 g/mol. The molecule has 8 heteroatoms. The van der Waals surface area contributed by atoms with Gasteiger partial charge in [-0.25, -0.2) is 4.98 Å². The number of aromatic amines is 1. The zero-order valence-corrected chi connectivity index (χ0v) is 18.5. The van der Waals surface area contributed by atoms with Crippen molar-refractivity contribution < 1.29 is 4.79 Å². The van der Waals surface area contributed by atoms with E-state index in [2.05, 4.69) is 48.6 Å². The lowest BCUT2D eigenvalue weighted by Crippen LogP contribution is -2.46. The van der Waals surface area contributed by atoms with E-state index in [9.17, 15) is 9.59 Å². The van der Waals surface area contributed by atoms with Crippen molar-refractivity contribution in [3.63, 3.8) is 0 Å². The van der Waals surface area contributed by atoms with Gasteiger partial charge in [0, 0.05) is 69.3 Å². The lowest BCUT2D eigenvalue weighted by molar-refractivity contribution is 0.0958. The fourth-order valence-electron chi connectivity index (χ4n) is 4.80. The molecule has 1 fully saturated rings. The van der Waals surface area contributed by atoms with E-state index in [0.29, 0.717) is 12.2 Å². The maximum atomic E-state index is 12.4. The number of benzene rings is 1. The van der Waals surface area contributed by atoms with Crippen LogP contribution in [0.5, 0.6) is 0 Å². The zero-order valence-electron chi connectivity index (χ0n) is 18.5. The summed E-state index contributed by atoms with van der Waals surface area (Å²) in [6, 6.07) is 10.2. The van der Waals surface area contributed by atoms with Crippen LogP contribution in [0.3, 0.4) is 0 Å². The summed E-state index contributed by atoms with van der Waals surface area (Å²) in [7, 11) is 1.61. The number of nitrogens with one attached hydrogen (secondary N) is 3. The normalized spacial score (nSPS) is 16.4. The van der Waals surface area contributed by atoms with E-state index in [1.54, 1.807) is 13.1 Å². The van der Waals surface area contributed by atoms with Gasteiger partial charge in [0.2, 0.25) is 0 Å². The van der Waals surface area contributed by atoms with E-state index in [-0.39, 0.29) is 11.5 Å². The van der Waals surface area contributed by atoms with Gasteiger partial charge in [0.15, 0.2) is 0 Å². The highest BCUT2D eigenvalue weighted by Crippen LogP contribution is 2.24. The van der Waals surface area contributed by atoms with E-state index in [1.165, 1.54) is 5.56 Å². The molecule has 2 aromatic heterocycles. The average Bonchev–Trinajstić information content (AvgIpc) is 3.30. The molecule has 0 saturated carbocycles. The third-order valence-corrected chi connectivity index (χ3v) is 6.54. The number of H-pyrrole nitrogens is 1. The first-order chi connectivity index (χ1) is 15.5. The molecule has 0 unspecified atom stereocenters. The molecule has 0 bridgehead atoms. The highest BCUT2D eigenvalue weighted by Gasteiger charge is 2.21. The van der Waals surface area contributed by atoms with Crippen LogP contribution < -0.4 is 21.1 Å². The Morgan fingerprint density at radius 1 is 1.09 bits per heavy atom. The summed E-state index contributed by atoms with van der Waals surface area (Å²) in [5, 5.41) is 7.04. The second-order valence-electron chi connectivity index (χ2n) is 8.54. The molecule has 0 spiro atoms. The van der Waals surface area contributed by atoms with E-state index in [4.69, 9.17) is 0 Å². The van der Waals surface area contributed by atoms with Crippen LogP contribution in [0.2, 0.25) is 0 Å². The van der Waals surface area contributed by atoms with Crippen LogP contribution in [-0.2, 0) is 19.6 Å². The van der Waals surface area contributed by atoms with Gasteiger partial charge in [-0.15, -0.1) is 0 Å². The minimum atomic E-state index is -0.164. The topological polar surface area (TPSA) is 93.4 Å². The van der Waals surface area contributed by atoms with Gasteiger partial charge in [0.1, 0.15) is 5.69 Å².